The van der Waals surface area contributed by atoms with Crippen LogP contribution in [0.4, 0.5) is 14.9 Å². The van der Waals surface area contributed by atoms with Gasteiger partial charge in [-0.05, 0) is 42.8 Å². The Morgan fingerprint density at radius 3 is 2.51 bits per heavy atom. The summed E-state index contributed by atoms with van der Waals surface area (Å²) in [6.07, 6.45) is 0.391. The molecule has 3 aromatic rings. The van der Waals surface area contributed by atoms with Gasteiger partial charge in [0, 0.05) is 17.3 Å². The van der Waals surface area contributed by atoms with Gasteiger partial charge in [-0.1, -0.05) is 13.0 Å². The molecule has 4 rings (SSSR count). The number of tetrazole rings is 1. The quantitative estimate of drug-likeness (QED) is 0.354. The Morgan fingerprint density at radius 1 is 1.26 bits per heavy atom. The van der Waals surface area contributed by atoms with Crippen LogP contribution in [0, 0.1) is 5.82 Å². The van der Waals surface area contributed by atoms with E-state index < -0.39 is 31.9 Å². The Balaban J connectivity index is 0.000000623. The van der Waals surface area contributed by atoms with E-state index in [1.165, 1.54) is 15.8 Å². The molecule has 1 fully saturated rings. The summed E-state index contributed by atoms with van der Waals surface area (Å²) in [6, 6.07) is 7.93. The number of rotatable bonds is 6. The normalized spacial score (nSPS) is 16.5. The number of aliphatic hydroxyl groups excluding tert-OH is 1. The predicted octanol–water partition coefficient (Wildman–Crippen LogP) is 1.73. The number of aliphatic hydroxyl groups is 1. The molecule has 0 aliphatic carbocycles. The number of pyridine rings is 1. The van der Waals surface area contributed by atoms with E-state index in [0.717, 1.165) is 6.42 Å². The van der Waals surface area contributed by atoms with E-state index in [-0.39, 0.29) is 6.54 Å². The zero-order valence-corrected chi connectivity index (χ0v) is 19.7. The average Bonchev–Trinajstić information content (AvgIpc) is 3.40. The number of cyclic esters (lactones) is 1. The fourth-order valence-corrected chi connectivity index (χ4v) is 3.18. The van der Waals surface area contributed by atoms with Crippen molar-refractivity contribution in [3.63, 3.8) is 0 Å². The number of halogens is 1. The zero-order valence-electron chi connectivity index (χ0n) is 18.8. The van der Waals surface area contributed by atoms with Gasteiger partial charge < -0.3 is 24.5 Å². The molecule has 4 N–H and O–H groups in total. The first-order valence-electron chi connectivity index (χ1n) is 10.4. The van der Waals surface area contributed by atoms with Gasteiger partial charge in [-0.15, -0.1) is 10.2 Å². The minimum Gasteiger partial charge on any atom is -0.441 e. The zero-order chi connectivity index (χ0) is 25.8. The minimum atomic E-state index is -4.64. The average molecular weight is 510 g/mol. The number of amides is 1. The first-order chi connectivity index (χ1) is 16.5. The van der Waals surface area contributed by atoms with E-state index in [2.05, 4.69) is 20.4 Å². The van der Waals surface area contributed by atoms with E-state index in [4.69, 9.17) is 24.0 Å². The summed E-state index contributed by atoms with van der Waals surface area (Å²) in [5.41, 5.74) is 1.84. The summed E-state index contributed by atoms with van der Waals surface area (Å²) in [7, 11) is -4.64. The van der Waals surface area contributed by atoms with Gasteiger partial charge in [-0.2, -0.15) is 4.80 Å². The molecule has 1 aromatic carbocycles. The van der Waals surface area contributed by atoms with Crippen molar-refractivity contribution in [3.8, 4) is 22.6 Å². The van der Waals surface area contributed by atoms with Gasteiger partial charge in [0.05, 0.1) is 24.9 Å². The molecule has 1 unspecified atom stereocenters. The first kappa shape index (κ1) is 26.3. The highest BCUT2D eigenvalue weighted by atomic mass is 31.2. The summed E-state index contributed by atoms with van der Waals surface area (Å²) in [5.74, 6) is -0.0895. The van der Waals surface area contributed by atoms with Crippen LogP contribution in [-0.4, -0.2) is 69.8 Å². The van der Waals surface area contributed by atoms with Crippen molar-refractivity contribution >= 4 is 19.6 Å². The number of hydrogen-bond donors (Lipinski definition) is 4. The summed E-state index contributed by atoms with van der Waals surface area (Å²) < 4.78 is 28.8. The number of hydrogen-bond acceptors (Lipinski definition) is 8. The second-order valence-electron chi connectivity index (χ2n) is 7.59. The van der Waals surface area contributed by atoms with Crippen molar-refractivity contribution in [3.05, 3.63) is 42.3 Å². The lowest BCUT2D eigenvalue weighted by Gasteiger charge is -2.15. The molecule has 2 atom stereocenters. The molecule has 2 aromatic heterocycles. The molecule has 0 bridgehead atoms. The second-order valence-corrected chi connectivity index (χ2v) is 8.62. The first-order valence-corrected chi connectivity index (χ1v) is 12.0. The highest BCUT2D eigenvalue weighted by Gasteiger charge is 2.35. The molecule has 1 aliphatic heterocycles. The number of phosphoric acid groups is 1. The Labute approximate surface area is 199 Å². The fourth-order valence-electron chi connectivity index (χ4n) is 3.18. The Bertz CT molecular complexity index is 1210. The van der Waals surface area contributed by atoms with Gasteiger partial charge in [0.25, 0.3) is 0 Å². The van der Waals surface area contributed by atoms with Crippen LogP contribution < -0.4 is 4.90 Å². The Morgan fingerprint density at radius 2 is 1.97 bits per heavy atom. The van der Waals surface area contributed by atoms with Gasteiger partial charge in [-0.25, -0.2) is 13.8 Å². The number of carbonyl (C=O) groups is 1. The van der Waals surface area contributed by atoms with Crippen molar-refractivity contribution in [2.45, 2.75) is 39.0 Å². The van der Waals surface area contributed by atoms with Crippen LogP contribution in [0.2, 0.25) is 0 Å². The van der Waals surface area contributed by atoms with Gasteiger partial charge in [0.1, 0.15) is 17.6 Å². The van der Waals surface area contributed by atoms with Crippen LogP contribution in [0.25, 0.3) is 22.6 Å². The molecule has 1 aliphatic rings. The highest BCUT2D eigenvalue weighted by Crippen LogP contribution is 2.30. The lowest BCUT2D eigenvalue weighted by atomic mass is 10.1. The number of carbonyl (C=O) groups excluding carboxylic acids is 1. The molecule has 35 heavy (non-hydrogen) atoms. The summed E-state index contributed by atoms with van der Waals surface area (Å²) in [4.78, 5) is 40.7. The number of anilines is 1. The monoisotopic (exact) mass is 510 g/mol. The largest absolute Gasteiger partial charge is 0.466 e. The molecule has 1 saturated heterocycles. The van der Waals surface area contributed by atoms with E-state index in [9.17, 15) is 14.3 Å². The summed E-state index contributed by atoms with van der Waals surface area (Å²) in [6.45, 7) is 4.40. The maximum absolute atomic E-state index is 14.8. The van der Waals surface area contributed by atoms with Crippen LogP contribution in [-0.2, 0) is 15.8 Å². The molecular weight excluding hydrogens is 486 g/mol. The number of ether oxygens (including phenoxy) is 1. The third kappa shape index (κ3) is 7.10. The SMILES string of the molecule is CCCn1nnc(-c2ccc(-c3ccc(N4C[C@H](C(C)O)OC4=O)cc3F)cn2)n1.O=P(O)(O)O. The van der Waals surface area contributed by atoms with Crippen LogP contribution >= 0.6 is 7.82 Å². The standard InChI is InChI=1S/C20H21FN6O3.H3O4P/c1-3-8-27-24-19(23-25-27)17-7-4-13(10-22-17)15-6-5-14(9-16(15)21)26-11-18(12(2)28)30-20(26)29;1-5(2,3)4/h4-7,9-10,12,18,28H,3,8,11H2,1-2H3;(H3,1,2,3,4)/t12?,18-;/m1./s1. The maximum atomic E-state index is 14.8. The van der Waals surface area contributed by atoms with E-state index in [1.54, 1.807) is 37.4 Å². The van der Waals surface area contributed by atoms with Crippen molar-refractivity contribution in [1.29, 1.82) is 0 Å². The fraction of sp³-hybridized carbons (Fsp3) is 0.350. The summed E-state index contributed by atoms with van der Waals surface area (Å²) in [5, 5.41) is 21.8. The van der Waals surface area contributed by atoms with E-state index >= 15 is 0 Å². The molecule has 15 heteroatoms. The van der Waals surface area contributed by atoms with Gasteiger partial charge in [0.2, 0.25) is 5.82 Å². The number of nitrogens with zero attached hydrogens (tertiary/aromatic N) is 6. The van der Waals surface area contributed by atoms with Crippen LogP contribution in [0.1, 0.15) is 20.3 Å². The molecule has 13 nitrogen and oxygen atoms in total. The molecule has 0 radical (unpaired) electrons. The summed E-state index contributed by atoms with van der Waals surface area (Å²) >= 11 is 0. The van der Waals surface area contributed by atoms with Crippen LogP contribution in [0.3, 0.4) is 0 Å². The predicted molar refractivity (Wildman–Crippen MR) is 120 cm³/mol. The number of benzene rings is 1. The van der Waals surface area contributed by atoms with Crippen molar-refractivity contribution in [2.24, 2.45) is 0 Å². The van der Waals surface area contributed by atoms with E-state index in [1.807, 2.05) is 6.92 Å². The third-order valence-corrected chi connectivity index (χ3v) is 4.82. The molecule has 188 valence electrons. The van der Waals surface area contributed by atoms with E-state index in [0.29, 0.717) is 34.9 Å². The molecule has 3 heterocycles. The Hall–Kier alpha value is -3.29. The lowest BCUT2D eigenvalue weighted by Crippen LogP contribution is -2.29. The van der Waals surface area contributed by atoms with Gasteiger partial charge in [0.15, 0.2) is 0 Å². The lowest BCUT2D eigenvalue weighted by molar-refractivity contribution is 0.0437. The molecular formula is C20H24FN6O7P. The van der Waals surface area contributed by atoms with Crippen LogP contribution in [0.15, 0.2) is 36.5 Å². The molecule has 0 saturated carbocycles. The van der Waals surface area contributed by atoms with Gasteiger partial charge in [-0.3, -0.25) is 9.88 Å². The van der Waals surface area contributed by atoms with Crippen molar-refractivity contribution in [2.75, 3.05) is 11.4 Å². The smallest absolute Gasteiger partial charge is 0.441 e. The highest BCUT2D eigenvalue weighted by molar-refractivity contribution is 7.45. The van der Waals surface area contributed by atoms with Gasteiger partial charge >= 0.3 is 13.9 Å². The molecule has 1 amide bonds. The maximum Gasteiger partial charge on any atom is 0.466 e. The number of aryl methyl sites for hydroxylation is 1. The molecule has 0 spiro atoms. The number of aromatic nitrogens is 5. The second kappa shape index (κ2) is 11.0. The minimum absolute atomic E-state index is 0.164. The van der Waals surface area contributed by atoms with Crippen molar-refractivity contribution < 1.29 is 38.3 Å². The van der Waals surface area contributed by atoms with Crippen molar-refractivity contribution in [1.82, 2.24) is 25.2 Å². The Kier molecular flexibility index (Phi) is 8.25. The van der Waals surface area contributed by atoms with Crippen LogP contribution in [0.5, 0.6) is 0 Å². The third-order valence-electron chi connectivity index (χ3n) is 4.82. The topological polar surface area (TPSA) is 184 Å².